The van der Waals surface area contributed by atoms with E-state index in [1.54, 1.807) is 0 Å². The van der Waals surface area contributed by atoms with Gasteiger partial charge in [0, 0.05) is 35.7 Å². The molecule has 0 fully saturated rings. The Kier molecular flexibility index (Phi) is 3.11. The van der Waals surface area contributed by atoms with Crippen molar-refractivity contribution < 1.29 is 0 Å². The molecule has 94 valence electrons. The molecule has 3 nitrogen and oxygen atoms in total. The minimum Gasteiger partial charge on any atom is -0.380 e. The van der Waals surface area contributed by atoms with Gasteiger partial charge in [-0.05, 0) is 30.7 Å². The number of benzene rings is 1. The fraction of sp³-hybridized carbons (Fsp3) is 0.125. The lowest BCUT2D eigenvalue weighted by Crippen LogP contribution is -2.01. The Balaban J connectivity index is 1.84. The van der Waals surface area contributed by atoms with Gasteiger partial charge in [0.1, 0.15) is 0 Å². The zero-order valence-corrected chi connectivity index (χ0v) is 10.8. The SMILES string of the molecule is Cc1ccc(CNc2ccnc3ccccc23)cn1. The first-order valence-corrected chi connectivity index (χ1v) is 6.32. The number of pyridine rings is 2. The number of para-hydroxylation sites is 1. The predicted octanol–water partition coefficient (Wildman–Crippen LogP) is 3.55. The molecule has 19 heavy (non-hydrogen) atoms. The van der Waals surface area contributed by atoms with E-state index in [1.165, 1.54) is 5.56 Å². The highest BCUT2D eigenvalue weighted by molar-refractivity contribution is 5.90. The summed E-state index contributed by atoms with van der Waals surface area (Å²) in [6.07, 6.45) is 3.74. The summed E-state index contributed by atoms with van der Waals surface area (Å²) in [5, 5.41) is 4.59. The van der Waals surface area contributed by atoms with Crippen molar-refractivity contribution in [3.05, 3.63) is 66.1 Å². The summed E-state index contributed by atoms with van der Waals surface area (Å²) in [7, 11) is 0. The van der Waals surface area contributed by atoms with Crippen molar-refractivity contribution in [2.24, 2.45) is 0 Å². The number of hydrogen-bond donors (Lipinski definition) is 1. The van der Waals surface area contributed by atoms with Crippen LogP contribution in [0.3, 0.4) is 0 Å². The van der Waals surface area contributed by atoms with Crippen molar-refractivity contribution in [1.29, 1.82) is 0 Å². The second kappa shape index (κ2) is 5.06. The van der Waals surface area contributed by atoms with Crippen molar-refractivity contribution >= 4 is 16.6 Å². The van der Waals surface area contributed by atoms with E-state index in [2.05, 4.69) is 27.4 Å². The summed E-state index contributed by atoms with van der Waals surface area (Å²) in [6, 6.07) is 14.3. The molecule has 0 saturated heterocycles. The van der Waals surface area contributed by atoms with E-state index in [9.17, 15) is 0 Å². The second-order valence-electron chi connectivity index (χ2n) is 4.54. The van der Waals surface area contributed by atoms with E-state index in [4.69, 9.17) is 0 Å². The van der Waals surface area contributed by atoms with Crippen molar-refractivity contribution in [3.63, 3.8) is 0 Å². The van der Waals surface area contributed by atoms with E-state index in [-0.39, 0.29) is 0 Å². The monoisotopic (exact) mass is 249 g/mol. The molecule has 2 heterocycles. The topological polar surface area (TPSA) is 37.8 Å². The maximum Gasteiger partial charge on any atom is 0.0722 e. The molecule has 0 aliphatic carbocycles. The zero-order chi connectivity index (χ0) is 13.1. The van der Waals surface area contributed by atoms with Gasteiger partial charge in [-0.1, -0.05) is 24.3 Å². The lowest BCUT2D eigenvalue weighted by Gasteiger charge is -2.09. The maximum absolute atomic E-state index is 4.36. The molecule has 0 aliphatic heterocycles. The van der Waals surface area contributed by atoms with E-state index in [1.807, 2.05) is 49.6 Å². The molecule has 3 rings (SSSR count). The Hall–Kier alpha value is -2.42. The van der Waals surface area contributed by atoms with Gasteiger partial charge in [0.15, 0.2) is 0 Å². The predicted molar refractivity (Wildman–Crippen MR) is 78.0 cm³/mol. The van der Waals surface area contributed by atoms with E-state index in [0.29, 0.717) is 0 Å². The third kappa shape index (κ3) is 2.55. The van der Waals surface area contributed by atoms with E-state index >= 15 is 0 Å². The number of rotatable bonds is 3. The van der Waals surface area contributed by atoms with Gasteiger partial charge in [-0.2, -0.15) is 0 Å². The average molecular weight is 249 g/mol. The van der Waals surface area contributed by atoms with Crippen LogP contribution < -0.4 is 5.32 Å². The molecule has 0 atom stereocenters. The molecule has 1 aromatic carbocycles. The largest absolute Gasteiger partial charge is 0.380 e. The van der Waals surface area contributed by atoms with Gasteiger partial charge in [-0.3, -0.25) is 9.97 Å². The smallest absolute Gasteiger partial charge is 0.0722 e. The van der Waals surface area contributed by atoms with Crippen LogP contribution in [0, 0.1) is 6.92 Å². The van der Waals surface area contributed by atoms with Crippen molar-refractivity contribution in [2.75, 3.05) is 5.32 Å². The molecule has 0 unspecified atom stereocenters. The van der Waals surface area contributed by atoms with Gasteiger partial charge in [-0.15, -0.1) is 0 Å². The molecule has 1 N–H and O–H groups in total. The minimum atomic E-state index is 0.765. The lowest BCUT2D eigenvalue weighted by molar-refractivity contribution is 1.09. The van der Waals surface area contributed by atoms with Gasteiger partial charge >= 0.3 is 0 Å². The van der Waals surface area contributed by atoms with Gasteiger partial charge in [0.2, 0.25) is 0 Å². The standard InChI is InChI=1S/C16H15N3/c1-12-6-7-13(10-18-12)11-19-16-8-9-17-15-5-3-2-4-14(15)16/h2-10H,11H2,1H3,(H,17,19). The highest BCUT2D eigenvalue weighted by Crippen LogP contribution is 2.21. The summed E-state index contributed by atoms with van der Waals surface area (Å²) >= 11 is 0. The van der Waals surface area contributed by atoms with Gasteiger partial charge in [-0.25, -0.2) is 0 Å². The van der Waals surface area contributed by atoms with Gasteiger partial charge in [0.05, 0.1) is 5.52 Å². The summed E-state index contributed by atoms with van der Waals surface area (Å²) in [6.45, 7) is 2.76. The third-order valence-corrected chi connectivity index (χ3v) is 3.10. The molecule has 2 aromatic heterocycles. The zero-order valence-electron chi connectivity index (χ0n) is 10.8. The Bertz CT molecular complexity index is 684. The molecule has 0 radical (unpaired) electrons. The summed E-state index contributed by atoms with van der Waals surface area (Å²) < 4.78 is 0. The average Bonchev–Trinajstić information content (AvgIpc) is 2.47. The number of anilines is 1. The number of nitrogens with one attached hydrogen (secondary N) is 1. The summed E-state index contributed by atoms with van der Waals surface area (Å²) in [4.78, 5) is 8.66. The van der Waals surface area contributed by atoms with Crippen LogP contribution in [0.25, 0.3) is 10.9 Å². The molecule has 0 spiro atoms. The van der Waals surface area contributed by atoms with Crippen LogP contribution in [-0.2, 0) is 6.54 Å². The Morgan fingerprint density at radius 1 is 1.00 bits per heavy atom. The van der Waals surface area contributed by atoms with Crippen molar-refractivity contribution in [1.82, 2.24) is 9.97 Å². The van der Waals surface area contributed by atoms with Crippen molar-refractivity contribution in [2.45, 2.75) is 13.5 Å². The Morgan fingerprint density at radius 3 is 2.74 bits per heavy atom. The fourth-order valence-corrected chi connectivity index (χ4v) is 2.05. The number of nitrogens with zero attached hydrogens (tertiary/aromatic N) is 2. The molecule has 3 aromatic rings. The fourth-order valence-electron chi connectivity index (χ4n) is 2.05. The summed E-state index contributed by atoms with van der Waals surface area (Å²) in [5.74, 6) is 0. The van der Waals surface area contributed by atoms with Crippen LogP contribution >= 0.6 is 0 Å². The van der Waals surface area contributed by atoms with E-state index < -0.39 is 0 Å². The van der Waals surface area contributed by atoms with Crippen molar-refractivity contribution in [3.8, 4) is 0 Å². The highest BCUT2D eigenvalue weighted by Gasteiger charge is 2.00. The van der Waals surface area contributed by atoms with E-state index in [0.717, 1.165) is 28.8 Å². The van der Waals surface area contributed by atoms with Crippen LogP contribution in [0.5, 0.6) is 0 Å². The summed E-state index contributed by atoms with van der Waals surface area (Å²) in [5.41, 5.74) is 4.32. The maximum atomic E-state index is 4.36. The lowest BCUT2D eigenvalue weighted by atomic mass is 10.2. The first-order valence-electron chi connectivity index (χ1n) is 6.32. The molecule has 3 heteroatoms. The number of aryl methyl sites for hydroxylation is 1. The molecule has 0 saturated carbocycles. The first-order chi connectivity index (χ1) is 9.33. The van der Waals surface area contributed by atoms with Gasteiger partial charge in [0.25, 0.3) is 0 Å². The number of hydrogen-bond acceptors (Lipinski definition) is 3. The molecule has 0 amide bonds. The Morgan fingerprint density at radius 2 is 1.89 bits per heavy atom. The minimum absolute atomic E-state index is 0.765. The molecule has 0 aliphatic rings. The van der Waals surface area contributed by atoms with Gasteiger partial charge < -0.3 is 5.32 Å². The molecular formula is C16H15N3. The van der Waals surface area contributed by atoms with Crippen LogP contribution in [0.15, 0.2) is 54.9 Å². The second-order valence-corrected chi connectivity index (χ2v) is 4.54. The number of fused-ring (bicyclic) bond motifs is 1. The third-order valence-electron chi connectivity index (χ3n) is 3.10. The van der Waals surface area contributed by atoms with Crippen LogP contribution in [0.4, 0.5) is 5.69 Å². The quantitative estimate of drug-likeness (QED) is 0.771. The normalized spacial score (nSPS) is 10.6. The highest BCUT2D eigenvalue weighted by atomic mass is 14.9. The molecule has 0 bridgehead atoms. The van der Waals surface area contributed by atoms with Crippen LogP contribution in [0.1, 0.15) is 11.3 Å². The number of aromatic nitrogens is 2. The molecular weight excluding hydrogens is 234 g/mol. The Labute approximate surface area is 112 Å². The van der Waals surface area contributed by atoms with Crippen LogP contribution in [0.2, 0.25) is 0 Å². The first kappa shape index (κ1) is 11.7. The van der Waals surface area contributed by atoms with Crippen LogP contribution in [-0.4, -0.2) is 9.97 Å².